The molecule has 0 unspecified atom stereocenters. The zero-order valence-corrected chi connectivity index (χ0v) is 16.1. The normalized spacial score (nSPS) is 18.5. The molecule has 0 radical (unpaired) electrons. The monoisotopic (exact) mass is 385 g/mol. The Hall–Kier alpha value is -2.67. The van der Waals surface area contributed by atoms with E-state index >= 15 is 0 Å². The summed E-state index contributed by atoms with van der Waals surface area (Å²) in [7, 11) is 3.23. The van der Waals surface area contributed by atoms with Crippen LogP contribution in [0.3, 0.4) is 0 Å². The fourth-order valence-corrected chi connectivity index (χ4v) is 3.77. The maximum Gasteiger partial charge on any atom is 0.341 e. The number of halogens is 1. The third-order valence-electron chi connectivity index (χ3n) is 5.07. The Morgan fingerprint density at radius 3 is 2.85 bits per heavy atom. The van der Waals surface area contributed by atoms with E-state index in [1.54, 1.807) is 10.9 Å². The van der Waals surface area contributed by atoms with Crippen molar-refractivity contribution < 1.29 is 9.53 Å². The van der Waals surface area contributed by atoms with Gasteiger partial charge in [0.05, 0.1) is 30.4 Å². The summed E-state index contributed by atoms with van der Waals surface area (Å²) in [5.74, 6) is 0.395. The number of aromatic nitrogens is 5. The lowest BCUT2D eigenvalue weighted by atomic mass is 10.1. The van der Waals surface area contributed by atoms with Crippen LogP contribution in [0.1, 0.15) is 51.1 Å². The molecule has 0 bridgehead atoms. The van der Waals surface area contributed by atoms with Crippen LogP contribution in [-0.4, -0.2) is 37.9 Å². The van der Waals surface area contributed by atoms with Crippen molar-refractivity contribution in [1.82, 2.24) is 24.8 Å². The third-order valence-corrected chi connectivity index (χ3v) is 5.36. The van der Waals surface area contributed by atoms with Crippen LogP contribution in [0.2, 0.25) is 0 Å². The minimum absolute atomic E-state index is 0.138. The molecule has 3 aromatic rings. The third kappa shape index (κ3) is 3.12. The minimum atomic E-state index is -0.384. The SMILES string of the molecule is COC(=O)c1cnn(-c2ccc(C)c(CCl)c2)c1[C@@H]1C[C@H]1c1cn(C)nn1. The number of alkyl halides is 1. The van der Waals surface area contributed by atoms with Gasteiger partial charge in [-0.2, -0.15) is 5.10 Å². The first kappa shape index (κ1) is 17.7. The Bertz CT molecular complexity index is 1010. The Balaban J connectivity index is 1.78. The number of carbonyl (C=O) groups is 1. The summed E-state index contributed by atoms with van der Waals surface area (Å²) in [6, 6.07) is 6.02. The molecule has 0 N–H and O–H groups in total. The van der Waals surface area contributed by atoms with Crippen molar-refractivity contribution in [2.45, 2.75) is 31.1 Å². The number of methoxy groups -OCH3 is 1. The van der Waals surface area contributed by atoms with Gasteiger partial charge in [-0.05, 0) is 36.6 Å². The highest BCUT2D eigenvalue weighted by atomic mass is 35.5. The van der Waals surface area contributed by atoms with Gasteiger partial charge in [-0.1, -0.05) is 11.3 Å². The van der Waals surface area contributed by atoms with Crippen molar-refractivity contribution in [3.8, 4) is 5.69 Å². The quantitative estimate of drug-likeness (QED) is 0.498. The van der Waals surface area contributed by atoms with Crippen LogP contribution in [-0.2, 0) is 17.7 Å². The maximum absolute atomic E-state index is 12.3. The van der Waals surface area contributed by atoms with Crippen LogP contribution < -0.4 is 0 Å². The second kappa shape index (κ2) is 6.81. The zero-order valence-electron chi connectivity index (χ0n) is 15.4. The molecule has 27 heavy (non-hydrogen) atoms. The Morgan fingerprint density at radius 1 is 1.37 bits per heavy atom. The largest absolute Gasteiger partial charge is 0.465 e. The molecule has 0 aliphatic heterocycles. The van der Waals surface area contributed by atoms with E-state index in [1.165, 1.54) is 7.11 Å². The van der Waals surface area contributed by atoms with Crippen molar-refractivity contribution in [2.24, 2.45) is 7.05 Å². The Kier molecular flexibility index (Phi) is 4.47. The Labute approximate surface area is 161 Å². The minimum Gasteiger partial charge on any atom is -0.465 e. The van der Waals surface area contributed by atoms with E-state index in [0.29, 0.717) is 11.4 Å². The smallest absolute Gasteiger partial charge is 0.341 e. The van der Waals surface area contributed by atoms with Crippen LogP contribution >= 0.6 is 11.6 Å². The molecule has 1 aromatic carbocycles. The van der Waals surface area contributed by atoms with Crippen LogP contribution in [0.25, 0.3) is 5.69 Å². The summed E-state index contributed by atoms with van der Waals surface area (Å²) in [5, 5.41) is 12.7. The summed E-state index contributed by atoms with van der Waals surface area (Å²) in [4.78, 5) is 12.3. The highest BCUT2D eigenvalue weighted by molar-refractivity contribution is 6.17. The van der Waals surface area contributed by atoms with Gasteiger partial charge in [-0.3, -0.25) is 4.68 Å². The predicted octanol–water partition coefficient (Wildman–Crippen LogP) is 3.11. The van der Waals surface area contributed by atoms with Gasteiger partial charge in [0.25, 0.3) is 0 Å². The second-order valence-electron chi connectivity index (χ2n) is 6.86. The molecule has 1 aliphatic rings. The van der Waals surface area contributed by atoms with Crippen molar-refractivity contribution in [3.05, 3.63) is 58.7 Å². The molecule has 0 saturated heterocycles. The number of nitrogens with zero attached hydrogens (tertiary/aromatic N) is 5. The van der Waals surface area contributed by atoms with E-state index in [1.807, 2.05) is 43.0 Å². The standard InChI is InChI=1S/C19H20ClN5O2/c1-11-4-5-13(6-12(11)8-20)25-18(16(9-21-25)19(26)27-3)15-7-14(15)17-10-24(2)23-22-17/h4-6,9-10,14-15H,7-8H2,1-3H3/t14-,15-/m1/s1. The lowest BCUT2D eigenvalue weighted by Gasteiger charge is -2.11. The number of esters is 1. The van der Waals surface area contributed by atoms with Crippen molar-refractivity contribution in [3.63, 3.8) is 0 Å². The maximum atomic E-state index is 12.3. The lowest BCUT2D eigenvalue weighted by molar-refractivity contribution is 0.0599. The molecule has 2 aromatic heterocycles. The lowest BCUT2D eigenvalue weighted by Crippen LogP contribution is -2.08. The molecule has 4 rings (SSSR count). The average Bonchev–Trinajstić information content (AvgIpc) is 3.13. The summed E-state index contributed by atoms with van der Waals surface area (Å²) in [6.45, 7) is 2.02. The van der Waals surface area contributed by atoms with Crippen LogP contribution in [0.4, 0.5) is 0 Å². The van der Waals surface area contributed by atoms with Gasteiger partial charge in [0.1, 0.15) is 5.56 Å². The molecule has 7 nitrogen and oxygen atoms in total. The van der Waals surface area contributed by atoms with E-state index in [2.05, 4.69) is 15.4 Å². The predicted molar refractivity (Wildman–Crippen MR) is 100 cm³/mol. The molecule has 1 saturated carbocycles. The molecular weight excluding hydrogens is 366 g/mol. The zero-order chi connectivity index (χ0) is 19.1. The van der Waals surface area contributed by atoms with E-state index in [4.69, 9.17) is 16.3 Å². The van der Waals surface area contributed by atoms with E-state index in [-0.39, 0.29) is 17.8 Å². The number of carbonyl (C=O) groups excluding carboxylic acids is 1. The first-order valence-electron chi connectivity index (χ1n) is 8.71. The molecule has 2 heterocycles. The summed E-state index contributed by atoms with van der Waals surface area (Å²) in [6.07, 6.45) is 4.39. The first-order valence-corrected chi connectivity index (χ1v) is 9.25. The van der Waals surface area contributed by atoms with Crippen LogP contribution in [0, 0.1) is 6.92 Å². The topological polar surface area (TPSA) is 74.8 Å². The van der Waals surface area contributed by atoms with Crippen molar-refractivity contribution >= 4 is 17.6 Å². The second-order valence-corrected chi connectivity index (χ2v) is 7.12. The number of rotatable bonds is 5. The number of aryl methyl sites for hydroxylation is 2. The fraction of sp³-hybridized carbons (Fsp3) is 0.368. The van der Waals surface area contributed by atoms with Gasteiger partial charge in [-0.25, -0.2) is 9.48 Å². The molecule has 140 valence electrons. The van der Waals surface area contributed by atoms with Crippen molar-refractivity contribution in [1.29, 1.82) is 0 Å². The van der Waals surface area contributed by atoms with Crippen molar-refractivity contribution in [2.75, 3.05) is 7.11 Å². The molecule has 1 aliphatic carbocycles. The van der Waals surface area contributed by atoms with Gasteiger partial charge < -0.3 is 4.74 Å². The van der Waals surface area contributed by atoms with E-state index < -0.39 is 0 Å². The van der Waals surface area contributed by atoms with Gasteiger partial charge >= 0.3 is 5.97 Å². The fourth-order valence-electron chi connectivity index (χ4n) is 3.48. The van der Waals surface area contributed by atoms with E-state index in [9.17, 15) is 4.79 Å². The molecular formula is C19H20ClN5O2. The first-order chi connectivity index (χ1) is 13.0. The van der Waals surface area contributed by atoms with Gasteiger partial charge in [-0.15, -0.1) is 16.7 Å². The summed E-state index contributed by atoms with van der Waals surface area (Å²) >= 11 is 6.07. The van der Waals surface area contributed by atoms with Crippen LogP contribution in [0.15, 0.2) is 30.6 Å². The number of ether oxygens (including phenoxy) is 1. The Morgan fingerprint density at radius 2 is 2.19 bits per heavy atom. The average molecular weight is 386 g/mol. The highest BCUT2D eigenvalue weighted by Gasteiger charge is 2.46. The van der Waals surface area contributed by atoms with Crippen LogP contribution in [0.5, 0.6) is 0 Å². The molecule has 8 heteroatoms. The summed E-state index contributed by atoms with van der Waals surface area (Å²) < 4.78 is 8.48. The number of hydrogen-bond acceptors (Lipinski definition) is 5. The van der Waals surface area contributed by atoms with Gasteiger partial charge in [0.15, 0.2) is 0 Å². The van der Waals surface area contributed by atoms with Gasteiger partial charge in [0.2, 0.25) is 0 Å². The number of benzene rings is 1. The van der Waals surface area contributed by atoms with Gasteiger partial charge in [0, 0.05) is 31.0 Å². The van der Waals surface area contributed by atoms with E-state index in [0.717, 1.165) is 34.6 Å². The number of hydrogen-bond donors (Lipinski definition) is 0. The highest BCUT2D eigenvalue weighted by Crippen LogP contribution is 2.55. The summed E-state index contributed by atoms with van der Waals surface area (Å²) in [5.41, 5.74) is 5.31. The molecule has 2 atom stereocenters. The molecule has 0 amide bonds. The molecule has 1 fully saturated rings. The molecule has 0 spiro atoms.